The number of rotatable bonds is 8. The fraction of sp³-hybridized carbons (Fsp3) is 0.292. The van der Waals surface area contributed by atoms with Gasteiger partial charge in [0.25, 0.3) is 0 Å². The Morgan fingerprint density at radius 2 is 2.00 bits per heavy atom. The highest BCUT2D eigenvalue weighted by atomic mass is 32.2. The number of nitrogens with zero attached hydrogens (tertiary/aromatic N) is 4. The molecular weight excluding hydrogens is 440 g/mol. The summed E-state index contributed by atoms with van der Waals surface area (Å²) >= 11 is 3.01. The molecule has 164 valence electrons. The van der Waals surface area contributed by atoms with Crippen molar-refractivity contribution in [1.29, 1.82) is 0 Å². The lowest BCUT2D eigenvalue weighted by Gasteiger charge is -2.13. The van der Waals surface area contributed by atoms with Crippen LogP contribution in [0.1, 0.15) is 40.6 Å². The molecule has 8 heteroatoms. The van der Waals surface area contributed by atoms with Crippen LogP contribution in [0.3, 0.4) is 0 Å². The summed E-state index contributed by atoms with van der Waals surface area (Å²) < 4.78 is 9.89. The first kappa shape index (κ1) is 21.0. The number of para-hydroxylation sites is 2. The molecule has 1 saturated carbocycles. The molecule has 0 aliphatic heterocycles. The molecule has 0 bridgehead atoms. The van der Waals surface area contributed by atoms with Crippen LogP contribution in [0.5, 0.6) is 5.75 Å². The molecule has 1 aliphatic rings. The molecule has 0 saturated heterocycles. The molecule has 1 aliphatic carbocycles. The molecule has 0 atom stereocenters. The SMILES string of the molecule is COc1ccccc1-n1c(SCC(=O)c2cc(C)n(C3CC3)c2C)nnc1-c1cccs1. The number of ether oxygens (including phenoxy) is 1. The molecule has 0 radical (unpaired) electrons. The van der Waals surface area contributed by atoms with Crippen LogP contribution < -0.4 is 4.74 Å². The molecule has 1 aromatic carbocycles. The third-order valence-corrected chi connectivity index (χ3v) is 7.52. The van der Waals surface area contributed by atoms with Crippen molar-refractivity contribution >= 4 is 28.9 Å². The fourth-order valence-corrected chi connectivity index (χ4v) is 5.65. The normalized spacial score (nSPS) is 13.5. The van der Waals surface area contributed by atoms with Crippen LogP contribution in [0.25, 0.3) is 16.4 Å². The first-order valence-electron chi connectivity index (χ1n) is 10.6. The van der Waals surface area contributed by atoms with Crippen molar-refractivity contribution in [3.8, 4) is 22.1 Å². The van der Waals surface area contributed by atoms with Gasteiger partial charge in [-0.2, -0.15) is 0 Å². The number of carbonyl (C=O) groups excluding carboxylic acids is 1. The Balaban J connectivity index is 1.47. The minimum atomic E-state index is 0.113. The van der Waals surface area contributed by atoms with Gasteiger partial charge in [-0.3, -0.25) is 9.36 Å². The number of thiophene rings is 1. The van der Waals surface area contributed by atoms with Crippen molar-refractivity contribution in [2.45, 2.75) is 37.9 Å². The molecule has 4 aromatic rings. The van der Waals surface area contributed by atoms with Gasteiger partial charge in [-0.15, -0.1) is 21.5 Å². The van der Waals surface area contributed by atoms with Crippen molar-refractivity contribution in [3.05, 3.63) is 64.8 Å². The summed E-state index contributed by atoms with van der Waals surface area (Å²) in [7, 11) is 1.65. The zero-order valence-corrected chi connectivity index (χ0v) is 19.9. The molecule has 0 N–H and O–H groups in total. The van der Waals surface area contributed by atoms with E-state index in [1.165, 1.54) is 24.6 Å². The number of methoxy groups -OCH3 is 1. The summed E-state index contributed by atoms with van der Waals surface area (Å²) in [5.41, 5.74) is 3.89. The van der Waals surface area contributed by atoms with Crippen LogP contribution in [0.4, 0.5) is 0 Å². The number of ketones is 1. The van der Waals surface area contributed by atoms with Gasteiger partial charge in [0.15, 0.2) is 16.8 Å². The van der Waals surface area contributed by atoms with Gasteiger partial charge in [-0.1, -0.05) is 30.0 Å². The summed E-state index contributed by atoms with van der Waals surface area (Å²) in [6.45, 7) is 4.14. The topological polar surface area (TPSA) is 61.9 Å². The van der Waals surface area contributed by atoms with Gasteiger partial charge < -0.3 is 9.30 Å². The van der Waals surface area contributed by atoms with Gasteiger partial charge in [0.2, 0.25) is 0 Å². The molecule has 32 heavy (non-hydrogen) atoms. The monoisotopic (exact) mass is 464 g/mol. The number of aryl methyl sites for hydroxylation is 1. The predicted molar refractivity (Wildman–Crippen MR) is 128 cm³/mol. The standard InChI is InChI=1S/C24H24N4O2S2/c1-15-13-18(16(2)27(15)17-10-11-17)20(29)14-32-24-26-25-23(22-9-6-12-31-22)28(24)19-7-4-5-8-21(19)30-3/h4-9,12-13,17H,10-11,14H2,1-3H3. The molecule has 0 amide bonds. The van der Waals surface area contributed by atoms with Gasteiger partial charge in [-0.25, -0.2) is 0 Å². The smallest absolute Gasteiger partial charge is 0.196 e. The number of benzene rings is 1. The minimum absolute atomic E-state index is 0.113. The maximum atomic E-state index is 13.1. The molecule has 3 aromatic heterocycles. The summed E-state index contributed by atoms with van der Waals surface area (Å²) in [6.07, 6.45) is 2.40. The molecular formula is C24H24N4O2S2. The first-order valence-corrected chi connectivity index (χ1v) is 12.4. The van der Waals surface area contributed by atoms with Gasteiger partial charge in [0.05, 0.1) is 23.4 Å². The summed E-state index contributed by atoms with van der Waals surface area (Å²) in [6, 6.07) is 14.4. The highest BCUT2D eigenvalue weighted by molar-refractivity contribution is 7.99. The lowest BCUT2D eigenvalue weighted by molar-refractivity contribution is 0.102. The lowest BCUT2D eigenvalue weighted by atomic mass is 10.2. The van der Waals surface area contributed by atoms with Gasteiger partial charge in [0.1, 0.15) is 5.75 Å². The van der Waals surface area contributed by atoms with E-state index in [-0.39, 0.29) is 5.78 Å². The van der Waals surface area contributed by atoms with E-state index < -0.39 is 0 Å². The van der Waals surface area contributed by atoms with E-state index in [9.17, 15) is 4.79 Å². The highest BCUT2D eigenvalue weighted by Crippen LogP contribution is 2.39. The number of hydrogen-bond acceptors (Lipinski definition) is 6. The van der Waals surface area contributed by atoms with E-state index in [1.807, 2.05) is 52.4 Å². The van der Waals surface area contributed by atoms with Crippen molar-refractivity contribution in [3.63, 3.8) is 0 Å². The number of aromatic nitrogens is 4. The zero-order valence-electron chi connectivity index (χ0n) is 18.2. The second kappa shape index (κ2) is 8.60. The van der Waals surface area contributed by atoms with Crippen LogP contribution in [-0.2, 0) is 0 Å². The van der Waals surface area contributed by atoms with E-state index in [2.05, 4.69) is 28.6 Å². The fourth-order valence-electron chi connectivity index (χ4n) is 4.12. The van der Waals surface area contributed by atoms with Gasteiger partial charge in [-0.05, 0) is 56.3 Å². The van der Waals surface area contributed by atoms with E-state index in [0.717, 1.165) is 39.1 Å². The van der Waals surface area contributed by atoms with E-state index in [0.29, 0.717) is 17.0 Å². The summed E-state index contributed by atoms with van der Waals surface area (Å²) in [4.78, 5) is 14.1. The maximum absolute atomic E-state index is 13.1. The zero-order chi connectivity index (χ0) is 22.2. The van der Waals surface area contributed by atoms with Gasteiger partial charge in [0, 0.05) is 23.0 Å². The Morgan fingerprint density at radius 3 is 2.72 bits per heavy atom. The average molecular weight is 465 g/mol. The number of thioether (sulfide) groups is 1. The van der Waals surface area contributed by atoms with Crippen molar-refractivity contribution in [2.75, 3.05) is 12.9 Å². The number of hydrogen-bond donors (Lipinski definition) is 0. The quantitative estimate of drug-likeness (QED) is 0.246. The van der Waals surface area contributed by atoms with Crippen LogP contribution in [-0.4, -0.2) is 38.0 Å². The van der Waals surface area contributed by atoms with Gasteiger partial charge >= 0.3 is 0 Å². The highest BCUT2D eigenvalue weighted by Gasteiger charge is 2.28. The predicted octanol–water partition coefficient (Wildman–Crippen LogP) is 5.73. The second-order valence-corrected chi connectivity index (χ2v) is 9.78. The van der Waals surface area contributed by atoms with Crippen LogP contribution in [0.2, 0.25) is 0 Å². The second-order valence-electron chi connectivity index (χ2n) is 7.89. The van der Waals surface area contributed by atoms with Crippen LogP contribution in [0, 0.1) is 13.8 Å². The van der Waals surface area contributed by atoms with Crippen molar-refractivity contribution in [2.24, 2.45) is 0 Å². The largest absolute Gasteiger partial charge is 0.495 e. The molecule has 0 spiro atoms. The number of carbonyl (C=O) groups is 1. The number of Topliss-reactive ketones (excluding diaryl/α,β-unsaturated/α-hetero) is 1. The first-order chi connectivity index (χ1) is 15.6. The molecule has 1 fully saturated rings. The molecule has 5 rings (SSSR count). The van der Waals surface area contributed by atoms with Crippen LogP contribution >= 0.6 is 23.1 Å². The van der Waals surface area contributed by atoms with E-state index >= 15 is 0 Å². The molecule has 0 unspecified atom stereocenters. The van der Waals surface area contributed by atoms with E-state index in [1.54, 1.807) is 18.4 Å². The Morgan fingerprint density at radius 1 is 1.19 bits per heavy atom. The Labute approximate surface area is 195 Å². The Kier molecular flexibility index (Phi) is 5.65. The Hall–Kier alpha value is -2.84. The molecule has 3 heterocycles. The van der Waals surface area contributed by atoms with E-state index in [4.69, 9.17) is 4.74 Å². The maximum Gasteiger partial charge on any atom is 0.196 e. The molecule has 6 nitrogen and oxygen atoms in total. The third-order valence-electron chi connectivity index (χ3n) is 5.73. The minimum Gasteiger partial charge on any atom is -0.495 e. The summed E-state index contributed by atoms with van der Waals surface area (Å²) in [5, 5.41) is 11.6. The average Bonchev–Trinajstić information content (AvgIpc) is 3.21. The Bertz CT molecular complexity index is 1270. The lowest BCUT2D eigenvalue weighted by Crippen LogP contribution is -2.07. The van der Waals surface area contributed by atoms with Crippen molar-refractivity contribution < 1.29 is 9.53 Å². The van der Waals surface area contributed by atoms with Crippen LogP contribution in [0.15, 0.2) is 53.0 Å². The van der Waals surface area contributed by atoms with Crippen molar-refractivity contribution in [1.82, 2.24) is 19.3 Å². The third kappa shape index (κ3) is 3.78. The summed E-state index contributed by atoms with van der Waals surface area (Å²) in [5.74, 6) is 1.88.